The first-order chi connectivity index (χ1) is 12.6. The molecule has 8 heteroatoms. The van der Waals surface area contributed by atoms with E-state index < -0.39 is 0 Å². The van der Waals surface area contributed by atoms with Gasteiger partial charge >= 0.3 is 0 Å². The highest BCUT2D eigenvalue weighted by molar-refractivity contribution is 7.99. The standard InChI is InChI=1S/C18H21N5O2S/c1-4-12(2)23-17(14-8-6-5-7-9-14)20-21-18(23)26-11-16(24)19-15-10-13(3)25-22-15/h5-10,12H,4,11H2,1-3H3,(H,19,22,24)/t12-/m0/s1. The van der Waals surface area contributed by atoms with Crippen LogP contribution >= 0.6 is 11.8 Å². The summed E-state index contributed by atoms with van der Waals surface area (Å²) in [7, 11) is 0. The number of carbonyl (C=O) groups is 1. The van der Waals surface area contributed by atoms with Crippen molar-refractivity contribution in [3.05, 3.63) is 42.2 Å². The van der Waals surface area contributed by atoms with Crippen molar-refractivity contribution in [3.63, 3.8) is 0 Å². The number of benzene rings is 1. The van der Waals surface area contributed by atoms with Gasteiger partial charge in [-0.15, -0.1) is 10.2 Å². The summed E-state index contributed by atoms with van der Waals surface area (Å²) in [6.45, 7) is 6.02. The molecule has 26 heavy (non-hydrogen) atoms. The fraction of sp³-hybridized carbons (Fsp3) is 0.333. The van der Waals surface area contributed by atoms with E-state index >= 15 is 0 Å². The summed E-state index contributed by atoms with van der Waals surface area (Å²) < 4.78 is 7.04. The Bertz CT molecular complexity index is 875. The van der Waals surface area contributed by atoms with Gasteiger partial charge in [0.15, 0.2) is 16.8 Å². The van der Waals surface area contributed by atoms with Crippen LogP contribution in [-0.4, -0.2) is 31.6 Å². The van der Waals surface area contributed by atoms with Gasteiger partial charge in [-0.25, -0.2) is 0 Å². The molecule has 3 rings (SSSR count). The SMILES string of the molecule is CC[C@H](C)n1c(SCC(=O)Nc2cc(C)on2)nnc1-c1ccccc1. The fourth-order valence-corrected chi connectivity index (χ4v) is 3.31. The van der Waals surface area contributed by atoms with Crippen molar-refractivity contribution in [3.8, 4) is 11.4 Å². The van der Waals surface area contributed by atoms with E-state index in [0.717, 1.165) is 23.0 Å². The van der Waals surface area contributed by atoms with Gasteiger partial charge in [0.05, 0.1) is 5.75 Å². The second kappa shape index (κ2) is 8.18. The molecular weight excluding hydrogens is 350 g/mol. The first kappa shape index (κ1) is 18.2. The third kappa shape index (κ3) is 4.13. The molecule has 1 N–H and O–H groups in total. The van der Waals surface area contributed by atoms with Crippen LogP contribution in [0.3, 0.4) is 0 Å². The van der Waals surface area contributed by atoms with E-state index in [-0.39, 0.29) is 17.7 Å². The van der Waals surface area contributed by atoms with Crippen molar-refractivity contribution in [2.45, 2.75) is 38.4 Å². The van der Waals surface area contributed by atoms with Crippen LogP contribution in [0.1, 0.15) is 32.1 Å². The van der Waals surface area contributed by atoms with Crippen LogP contribution in [0.15, 0.2) is 46.1 Å². The molecule has 0 unspecified atom stereocenters. The lowest BCUT2D eigenvalue weighted by Crippen LogP contribution is -2.15. The number of amides is 1. The monoisotopic (exact) mass is 371 g/mol. The van der Waals surface area contributed by atoms with E-state index in [2.05, 4.69) is 39.1 Å². The van der Waals surface area contributed by atoms with Gasteiger partial charge in [-0.2, -0.15) is 0 Å². The number of aryl methyl sites for hydroxylation is 1. The molecule has 7 nitrogen and oxygen atoms in total. The molecule has 0 radical (unpaired) electrons. The Balaban J connectivity index is 1.75. The molecule has 1 atom stereocenters. The lowest BCUT2D eigenvalue weighted by Gasteiger charge is -2.16. The Kier molecular flexibility index (Phi) is 5.72. The summed E-state index contributed by atoms with van der Waals surface area (Å²) in [5.74, 6) is 1.94. The molecule has 3 aromatic rings. The van der Waals surface area contributed by atoms with Gasteiger partial charge in [-0.1, -0.05) is 54.2 Å². The number of nitrogens with zero attached hydrogens (tertiary/aromatic N) is 4. The Morgan fingerprint density at radius 3 is 2.73 bits per heavy atom. The topological polar surface area (TPSA) is 85.8 Å². The number of carbonyl (C=O) groups excluding carboxylic acids is 1. The molecule has 2 aromatic heterocycles. The molecular formula is C18H21N5O2S. The van der Waals surface area contributed by atoms with Crippen LogP contribution in [0.4, 0.5) is 5.82 Å². The third-order valence-corrected chi connectivity index (χ3v) is 4.90. The molecule has 1 aromatic carbocycles. The zero-order chi connectivity index (χ0) is 18.5. The van der Waals surface area contributed by atoms with E-state index in [0.29, 0.717) is 11.6 Å². The summed E-state index contributed by atoms with van der Waals surface area (Å²) >= 11 is 1.36. The van der Waals surface area contributed by atoms with E-state index in [1.54, 1.807) is 13.0 Å². The zero-order valence-corrected chi connectivity index (χ0v) is 15.8. The average Bonchev–Trinajstić information content (AvgIpc) is 3.26. The van der Waals surface area contributed by atoms with Crippen molar-refractivity contribution in [1.82, 2.24) is 19.9 Å². The molecule has 0 saturated heterocycles. The van der Waals surface area contributed by atoms with E-state index in [4.69, 9.17) is 4.52 Å². The summed E-state index contributed by atoms with van der Waals surface area (Å²) in [5, 5.41) is 15.9. The minimum absolute atomic E-state index is 0.164. The van der Waals surface area contributed by atoms with E-state index in [9.17, 15) is 4.79 Å². The van der Waals surface area contributed by atoms with Gasteiger partial charge < -0.3 is 9.84 Å². The molecule has 0 fully saturated rings. The Morgan fingerprint density at radius 2 is 2.08 bits per heavy atom. The first-order valence-corrected chi connectivity index (χ1v) is 9.43. The molecule has 1 amide bonds. The minimum atomic E-state index is -0.164. The van der Waals surface area contributed by atoms with Crippen LogP contribution in [0, 0.1) is 6.92 Å². The average molecular weight is 371 g/mol. The van der Waals surface area contributed by atoms with Crippen molar-refractivity contribution in [1.29, 1.82) is 0 Å². The van der Waals surface area contributed by atoms with Crippen molar-refractivity contribution in [2.24, 2.45) is 0 Å². The van der Waals surface area contributed by atoms with Crippen LogP contribution in [0.2, 0.25) is 0 Å². The number of aromatic nitrogens is 4. The maximum atomic E-state index is 12.2. The van der Waals surface area contributed by atoms with Gasteiger partial charge in [0.2, 0.25) is 5.91 Å². The van der Waals surface area contributed by atoms with Crippen molar-refractivity contribution < 1.29 is 9.32 Å². The number of hydrogen-bond acceptors (Lipinski definition) is 6. The van der Waals surface area contributed by atoms with E-state index in [1.165, 1.54) is 11.8 Å². The Hall–Kier alpha value is -2.61. The summed E-state index contributed by atoms with van der Waals surface area (Å²) in [4.78, 5) is 12.2. The first-order valence-electron chi connectivity index (χ1n) is 8.44. The molecule has 0 aliphatic carbocycles. The van der Waals surface area contributed by atoms with E-state index in [1.807, 2.05) is 30.3 Å². The lowest BCUT2D eigenvalue weighted by atomic mass is 10.2. The maximum absolute atomic E-state index is 12.2. The molecule has 0 saturated carbocycles. The highest BCUT2D eigenvalue weighted by atomic mass is 32.2. The van der Waals surface area contributed by atoms with Crippen LogP contribution in [0.5, 0.6) is 0 Å². The fourth-order valence-electron chi connectivity index (χ4n) is 2.47. The molecule has 136 valence electrons. The largest absolute Gasteiger partial charge is 0.360 e. The number of anilines is 1. The third-order valence-electron chi connectivity index (χ3n) is 3.96. The number of nitrogens with one attached hydrogen (secondary N) is 1. The van der Waals surface area contributed by atoms with Crippen LogP contribution < -0.4 is 5.32 Å². The predicted octanol–water partition coefficient (Wildman–Crippen LogP) is 3.94. The van der Waals surface area contributed by atoms with Crippen LogP contribution in [-0.2, 0) is 4.79 Å². The smallest absolute Gasteiger partial charge is 0.236 e. The van der Waals surface area contributed by atoms with Gasteiger partial charge in [0.25, 0.3) is 0 Å². The lowest BCUT2D eigenvalue weighted by molar-refractivity contribution is -0.113. The van der Waals surface area contributed by atoms with Crippen molar-refractivity contribution in [2.75, 3.05) is 11.1 Å². The Morgan fingerprint density at radius 1 is 1.31 bits per heavy atom. The summed E-state index contributed by atoms with van der Waals surface area (Å²) in [5.41, 5.74) is 1.01. The van der Waals surface area contributed by atoms with Gasteiger partial charge in [-0.05, 0) is 20.3 Å². The highest BCUT2D eigenvalue weighted by Gasteiger charge is 2.19. The molecule has 0 aliphatic heterocycles. The second-order valence-corrected chi connectivity index (χ2v) is 6.90. The van der Waals surface area contributed by atoms with Gasteiger partial charge in [0, 0.05) is 17.7 Å². The zero-order valence-electron chi connectivity index (χ0n) is 15.0. The van der Waals surface area contributed by atoms with Crippen LogP contribution in [0.25, 0.3) is 11.4 Å². The quantitative estimate of drug-likeness (QED) is 0.633. The summed E-state index contributed by atoms with van der Waals surface area (Å²) in [6.07, 6.45) is 0.940. The number of rotatable bonds is 7. The normalized spacial score (nSPS) is 12.1. The Labute approximate surface area is 156 Å². The summed E-state index contributed by atoms with van der Waals surface area (Å²) in [6, 6.07) is 11.9. The number of hydrogen-bond donors (Lipinski definition) is 1. The molecule has 0 aliphatic rings. The second-order valence-electron chi connectivity index (χ2n) is 5.96. The number of thioether (sulfide) groups is 1. The molecule has 0 spiro atoms. The van der Waals surface area contributed by atoms with Gasteiger partial charge in [-0.3, -0.25) is 9.36 Å². The highest BCUT2D eigenvalue weighted by Crippen LogP contribution is 2.29. The predicted molar refractivity (Wildman–Crippen MR) is 101 cm³/mol. The maximum Gasteiger partial charge on any atom is 0.236 e. The van der Waals surface area contributed by atoms with Crippen molar-refractivity contribution >= 4 is 23.5 Å². The van der Waals surface area contributed by atoms with Gasteiger partial charge in [0.1, 0.15) is 5.76 Å². The molecule has 0 bridgehead atoms. The minimum Gasteiger partial charge on any atom is -0.360 e. The molecule has 2 heterocycles.